The lowest BCUT2D eigenvalue weighted by Crippen LogP contribution is -2.13. The number of rotatable bonds is 16. The Bertz CT molecular complexity index is 1350. The van der Waals surface area contributed by atoms with Gasteiger partial charge in [-0.25, -0.2) is 0 Å². The number of para-hydroxylation sites is 2. The molecule has 0 saturated carbocycles. The van der Waals surface area contributed by atoms with Crippen LogP contribution in [0.1, 0.15) is 56.8 Å². The number of Topliss-reactive ketones (excluding diaryl/α,β-unsaturated/α-hetero) is 2. The van der Waals surface area contributed by atoms with Gasteiger partial charge in [-0.2, -0.15) is 11.8 Å². The fourth-order valence-corrected chi connectivity index (χ4v) is 7.19. The van der Waals surface area contributed by atoms with Crippen LogP contribution in [-0.2, 0) is 35.3 Å². The number of ketones is 2. The normalized spacial score (nSPS) is 12.6. The van der Waals surface area contributed by atoms with Gasteiger partial charge in [0.1, 0.15) is 43.1 Å². The van der Waals surface area contributed by atoms with E-state index in [2.05, 4.69) is 20.4 Å². The van der Waals surface area contributed by atoms with Crippen molar-refractivity contribution >= 4 is 46.0 Å². The largest absolute Gasteiger partial charge is 0.496 e. The number of methoxy groups -OCH3 is 2. The minimum atomic E-state index is -0.274. The minimum Gasteiger partial charge on any atom is -0.496 e. The Labute approximate surface area is 252 Å². The third-order valence-electron chi connectivity index (χ3n) is 6.77. The summed E-state index contributed by atoms with van der Waals surface area (Å²) < 4.78 is 10.8. The summed E-state index contributed by atoms with van der Waals surface area (Å²) in [6.07, 6.45) is 2.14. The van der Waals surface area contributed by atoms with Crippen LogP contribution in [0.25, 0.3) is 0 Å². The van der Waals surface area contributed by atoms with Gasteiger partial charge in [-0.05, 0) is 23.6 Å². The zero-order valence-electron chi connectivity index (χ0n) is 23.7. The molecule has 2 unspecified atom stereocenters. The highest BCUT2D eigenvalue weighted by Crippen LogP contribution is 2.29. The number of carbonyl (C=O) groups is 2. The summed E-state index contributed by atoms with van der Waals surface area (Å²) in [6, 6.07) is 15.2. The van der Waals surface area contributed by atoms with Crippen molar-refractivity contribution in [3.8, 4) is 11.5 Å². The molecular formula is C30H34N4O4S3. The summed E-state index contributed by atoms with van der Waals surface area (Å²) in [4.78, 5) is 25.7. The molecule has 41 heavy (non-hydrogen) atoms. The van der Waals surface area contributed by atoms with Crippen molar-refractivity contribution in [2.24, 2.45) is 0 Å². The van der Waals surface area contributed by atoms with E-state index >= 15 is 0 Å². The maximum atomic E-state index is 12.9. The topological polar surface area (TPSA) is 104 Å². The third-order valence-corrected chi connectivity index (χ3v) is 9.72. The van der Waals surface area contributed by atoms with Crippen LogP contribution in [-0.4, -0.2) is 57.7 Å². The second-order valence-corrected chi connectivity index (χ2v) is 13.0. The van der Waals surface area contributed by atoms with E-state index in [-0.39, 0.29) is 36.2 Å². The number of carbonyl (C=O) groups excluding carboxylic acids is 2. The van der Waals surface area contributed by atoms with Gasteiger partial charge >= 0.3 is 0 Å². The van der Waals surface area contributed by atoms with Crippen LogP contribution in [0.3, 0.4) is 0 Å². The molecule has 0 fully saturated rings. The van der Waals surface area contributed by atoms with Gasteiger partial charge in [0.15, 0.2) is 0 Å². The minimum absolute atomic E-state index is 0.0963. The number of hydrogen-bond acceptors (Lipinski definition) is 11. The van der Waals surface area contributed by atoms with Gasteiger partial charge in [0, 0.05) is 35.8 Å². The van der Waals surface area contributed by atoms with Gasteiger partial charge in [0.25, 0.3) is 0 Å². The highest BCUT2D eigenvalue weighted by molar-refractivity contribution is 7.99. The molecule has 216 valence electrons. The monoisotopic (exact) mass is 610 g/mol. The lowest BCUT2D eigenvalue weighted by atomic mass is 9.94. The zero-order valence-corrected chi connectivity index (χ0v) is 26.1. The molecule has 0 N–H and O–H groups in total. The van der Waals surface area contributed by atoms with Crippen LogP contribution in [0.4, 0.5) is 0 Å². The van der Waals surface area contributed by atoms with E-state index in [1.807, 2.05) is 74.1 Å². The molecule has 8 nitrogen and oxygen atoms in total. The molecule has 0 aliphatic carbocycles. The number of benzene rings is 2. The van der Waals surface area contributed by atoms with Gasteiger partial charge in [-0.3, -0.25) is 9.59 Å². The van der Waals surface area contributed by atoms with Crippen LogP contribution in [0.2, 0.25) is 0 Å². The predicted octanol–water partition coefficient (Wildman–Crippen LogP) is 5.76. The van der Waals surface area contributed by atoms with Crippen LogP contribution in [0.15, 0.2) is 48.5 Å². The molecule has 0 spiro atoms. The summed E-state index contributed by atoms with van der Waals surface area (Å²) in [5.74, 6) is 2.90. The van der Waals surface area contributed by atoms with Crippen molar-refractivity contribution in [1.82, 2.24) is 20.4 Å². The van der Waals surface area contributed by atoms with Gasteiger partial charge in [0.05, 0.1) is 27.1 Å². The fraction of sp³-hybridized carbons (Fsp3) is 0.400. The Kier molecular flexibility index (Phi) is 11.4. The van der Waals surface area contributed by atoms with Gasteiger partial charge in [-0.1, -0.05) is 50.2 Å². The number of nitrogens with zero attached hydrogens (tertiary/aromatic N) is 4. The number of aryl methyl sites for hydroxylation is 2. The molecule has 0 bridgehead atoms. The smallest absolute Gasteiger partial charge is 0.147 e. The third kappa shape index (κ3) is 8.43. The SMILES string of the molecule is COc1ccccc1C(C)C(=O)Cc1nnc(CCSCCc2nnc(CC(=O)C(C)c3ccccc3OC)s2)s1. The van der Waals surface area contributed by atoms with Crippen LogP contribution in [0, 0.1) is 0 Å². The highest BCUT2D eigenvalue weighted by Gasteiger charge is 2.22. The van der Waals surface area contributed by atoms with Crippen molar-refractivity contribution in [2.45, 2.75) is 51.4 Å². The Morgan fingerprint density at radius 3 is 1.49 bits per heavy atom. The number of ether oxygens (including phenoxy) is 2. The van der Waals surface area contributed by atoms with Gasteiger partial charge in [0.2, 0.25) is 0 Å². The summed E-state index contributed by atoms with van der Waals surface area (Å²) >= 11 is 4.82. The molecule has 0 radical (unpaired) electrons. The van der Waals surface area contributed by atoms with Crippen LogP contribution in [0.5, 0.6) is 11.5 Å². The Balaban J connectivity index is 1.17. The van der Waals surface area contributed by atoms with Crippen molar-refractivity contribution in [3.63, 3.8) is 0 Å². The van der Waals surface area contributed by atoms with E-state index < -0.39 is 0 Å². The summed E-state index contributed by atoms with van der Waals surface area (Å²) in [7, 11) is 3.23. The van der Waals surface area contributed by atoms with E-state index in [1.54, 1.807) is 14.2 Å². The number of aromatic nitrogens is 4. The first kappa shape index (κ1) is 30.8. The molecule has 0 amide bonds. The molecule has 0 aliphatic rings. The van der Waals surface area contributed by atoms with Crippen molar-refractivity contribution in [3.05, 3.63) is 79.7 Å². The van der Waals surface area contributed by atoms with Gasteiger partial charge < -0.3 is 9.47 Å². The Morgan fingerprint density at radius 1 is 0.683 bits per heavy atom. The average molecular weight is 611 g/mol. The first-order chi connectivity index (χ1) is 19.9. The zero-order chi connectivity index (χ0) is 29.2. The molecule has 4 aromatic rings. The fourth-order valence-electron chi connectivity index (χ4n) is 4.34. The predicted molar refractivity (Wildman–Crippen MR) is 165 cm³/mol. The highest BCUT2D eigenvalue weighted by atomic mass is 32.2. The lowest BCUT2D eigenvalue weighted by Gasteiger charge is -2.13. The summed E-state index contributed by atoms with van der Waals surface area (Å²) in [6.45, 7) is 3.81. The molecule has 11 heteroatoms. The molecule has 2 heterocycles. The quantitative estimate of drug-likeness (QED) is 0.147. The maximum Gasteiger partial charge on any atom is 0.147 e. The van der Waals surface area contributed by atoms with Crippen molar-refractivity contribution in [2.75, 3.05) is 25.7 Å². The molecule has 0 saturated heterocycles. The van der Waals surface area contributed by atoms with Crippen molar-refractivity contribution < 1.29 is 19.1 Å². The van der Waals surface area contributed by atoms with Crippen LogP contribution < -0.4 is 9.47 Å². The second kappa shape index (κ2) is 15.2. The standard InChI is InChI=1S/C30H34N4O4S3/c1-19(21-9-5-7-11-25(21)37-3)23(35)17-29-33-31-27(40-29)13-15-39-16-14-28-32-34-30(41-28)18-24(36)20(2)22-10-6-8-12-26(22)38-4/h5-12,19-20H,13-18H2,1-4H3. The number of thioether (sulfide) groups is 1. The first-order valence-electron chi connectivity index (χ1n) is 13.4. The molecule has 2 aromatic heterocycles. The van der Waals surface area contributed by atoms with E-state index in [4.69, 9.17) is 9.47 Å². The second-order valence-electron chi connectivity index (χ2n) is 9.50. The molecule has 2 atom stereocenters. The van der Waals surface area contributed by atoms with Gasteiger partial charge in [-0.15, -0.1) is 43.1 Å². The average Bonchev–Trinajstić information content (AvgIpc) is 3.65. The van der Waals surface area contributed by atoms with Crippen LogP contribution >= 0.6 is 34.4 Å². The lowest BCUT2D eigenvalue weighted by molar-refractivity contribution is -0.120. The molecule has 4 rings (SSSR count). The molecular weight excluding hydrogens is 577 g/mol. The Hall–Kier alpha value is -3.15. The molecule has 0 aliphatic heterocycles. The number of hydrogen-bond donors (Lipinski definition) is 0. The van der Waals surface area contributed by atoms with E-state index in [0.29, 0.717) is 0 Å². The summed E-state index contributed by atoms with van der Waals surface area (Å²) in [5, 5.41) is 20.4. The maximum absolute atomic E-state index is 12.9. The first-order valence-corrected chi connectivity index (χ1v) is 16.2. The molecule has 2 aromatic carbocycles. The van der Waals surface area contributed by atoms with Crippen molar-refractivity contribution in [1.29, 1.82) is 0 Å². The van der Waals surface area contributed by atoms with E-state index in [0.717, 1.165) is 67.0 Å². The Morgan fingerprint density at radius 2 is 1.07 bits per heavy atom. The van der Waals surface area contributed by atoms with E-state index in [1.165, 1.54) is 22.7 Å². The summed E-state index contributed by atoms with van der Waals surface area (Å²) in [5.41, 5.74) is 1.77. The van der Waals surface area contributed by atoms with E-state index in [9.17, 15) is 9.59 Å².